The number of nitrogens with two attached hydrogens (primary N) is 1. The Labute approximate surface area is 63.6 Å². The third kappa shape index (κ3) is 2.64. The zero-order valence-corrected chi connectivity index (χ0v) is 7.39. The molecule has 0 aromatic heterocycles. The molecule has 3 nitrogen and oxygen atoms in total. The number of hydrogen-bond acceptors (Lipinski definition) is 3. The molecule has 0 saturated carbocycles. The summed E-state index contributed by atoms with van der Waals surface area (Å²) in [5, 5.41) is 2.98. The zero-order valence-electron chi connectivity index (χ0n) is 7.39. The standard InChI is InChI=1S/C7H19N3/c1-5-6(2)10(4)7(8)9-3/h6-7,9H,5,8H2,1-4H3. The average molecular weight is 145 g/mol. The summed E-state index contributed by atoms with van der Waals surface area (Å²) in [6, 6.07) is 0.544. The molecule has 2 unspecified atom stereocenters. The summed E-state index contributed by atoms with van der Waals surface area (Å²) in [6.07, 6.45) is 1.11. The summed E-state index contributed by atoms with van der Waals surface area (Å²) >= 11 is 0. The second-order valence-electron chi connectivity index (χ2n) is 2.66. The van der Waals surface area contributed by atoms with Gasteiger partial charge in [-0.1, -0.05) is 6.92 Å². The van der Waals surface area contributed by atoms with E-state index in [1.54, 1.807) is 0 Å². The van der Waals surface area contributed by atoms with E-state index in [9.17, 15) is 0 Å². The van der Waals surface area contributed by atoms with Crippen molar-refractivity contribution in [1.29, 1.82) is 0 Å². The minimum Gasteiger partial charge on any atom is -0.303 e. The van der Waals surface area contributed by atoms with E-state index >= 15 is 0 Å². The Morgan fingerprint density at radius 2 is 2.10 bits per heavy atom. The minimum absolute atomic E-state index is 0.0186. The summed E-state index contributed by atoms with van der Waals surface area (Å²) in [5.74, 6) is 0. The van der Waals surface area contributed by atoms with Crippen LogP contribution in [0, 0.1) is 0 Å². The number of nitrogens with zero attached hydrogens (tertiary/aromatic N) is 1. The molecule has 62 valence electrons. The lowest BCUT2D eigenvalue weighted by molar-refractivity contribution is 0.162. The van der Waals surface area contributed by atoms with Gasteiger partial charge in [-0.25, -0.2) is 0 Å². The normalized spacial score (nSPS) is 17.4. The molecule has 2 atom stereocenters. The van der Waals surface area contributed by atoms with Crippen LogP contribution in [0.4, 0.5) is 0 Å². The Hall–Kier alpha value is -0.120. The second-order valence-corrected chi connectivity index (χ2v) is 2.66. The summed E-state index contributed by atoms with van der Waals surface area (Å²) in [5.41, 5.74) is 5.71. The van der Waals surface area contributed by atoms with Crippen LogP contribution in [0.1, 0.15) is 20.3 Å². The fourth-order valence-electron chi connectivity index (χ4n) is 0.766. The smallest absolute Gasteiger partial charge is 0.111 e. The Morgan fingerprint density at radius 1 is 1.60 bits per heavy atom. The topological polar surface area (TPSA) is 41.3 Å². The zero-order chi connectivity index (χ0) is 8.15. The number of nitrogens with one attached hydrogen (secondary N) is 1. The Kier molecular flexibility index (Phi) is 4.60. The van der Waals surface area contributed by atoms with E-state index in [0.29, 0.717) is 6.04 Å². The summed E-state index contributed by atoms with van der Waals surface area (Å²) in [6.45, 7) is 4.32. The Morgan fingerprint density at radius 3 is 2.40 bits per heavy atom. The summed E-state index contributed by atoms with van der Waals surface area (Å²) < 4.78 is 0. The van der Waals surface area contributed by atoms with E-state index in [4.69, 9.17) is 5.73 Å². The lowest BCUT2D eigenvalue weighted by atomic mass is 10.2. The van der Waals surface area contributed by atoms with Crippen LogP contribution >= 0.6 is 0 Å². The van der Waals surface area contributed by atoms with Crippen molar-refractivity contribution in [2.75, 3.05) is 14.1 Å². The largest absolute Gasteiger partial charge is 0.303 e. The van der Waals surface area contributed by atoms with Gasteiger partial charge >= 0.3 is 0 Å². The van der Waals surface area contributed by atoms with E-state index < -0.39 is 0 Å². The molecule has 0 bridgehead atoms. The monoisotopic (exact) mass is 145 g/mol. The molecular weight excluding hydrogens is 126 g/mol. The van der Waals surface area contributed by atoms with E-state index in [0.717, 1.165) is 6.42 Å². The van der Waals surface area contributed by atoms with Gasteiger partial charge in [0.25, 0.3) is 0 Å². The molecule has 0 radical (unpaired) electrons. The van der Waals surface area contributed by atoms with Crippen LogP contribution in [0.5, 0.6) is 0 Å². The molecular formula is C7H19N3. The molecule has 10 heavy (non-hydrogen) atoms. The van der Waals surface area contributed by atoms with Gasteiger partial charge in [-0.15, -0.1) is 0 Å². The highest BCUT2D eigenvalue weighted by Gasteiger charge is 2.11. The maximum Gasteiger partial charge on any atom is 0.111 e. The first-order chi connectivity index (χ1) is 4.63. The van der Waals surface area contributed by atoms with Gasteiger partial charge in [0.15, 0.2) is 0 Å². The number of rotatable bonds is 4. The third-order valence-electron chi connectivity index (χ3n) is 2.02. The van der Waals surface area contributed by atoms with Gasteiger partial charge in [-0.3, -0.25) is 10.2 Å². The van der Waals surface area contributed by atoms with E-state index in [1.165, 1.54) is 0 Å². The first-order valence-corrected chi connectivity index (χ1v) is 3.78. The fraction of sp³-hybridized carbons (Fsp3) is 1.00. The van der Waals surface area contributed by atoms with E-state index in [1.807, 2.05) is 14.1 Å². The molecule has 3 N–H and O–H groups in total. The van der Waals surface area contributed by atoms with Crippen LogP contribution in [-0.4, -0.2) is 31.3 Å². The van der Waals surface area contributed by atoms with Crippen LogP contribution in [0.15, 0.2) is 0 Å². The molecule has 0 amide bonds. The quantitative estimate of drug-likeness (QED) is 0.554. The van der Waals surface area contributed by atoms with Crippen molar-refractivity contribution in [3.8, 4) is 0 Å². The lowest BCUT2D eigenvalue weighted by Gasteiger charge is -2.29. The van der Waals surface area contributed by atoms with Crippen molar-refractivity contribution in [3.05, 3.63) is 0 Å². The van der Waals surface area contributed by atoms with E-state index in [2.05, 4.69) is 24.1 Å². The molecule has 0 aliphatic heterocycles. The average Bonchev–Trinajstić information content (AvgIpc) is 2.00. The van der Waals surface area contributed by atoms with Gasteiger partial charge < -0.3 is 5.73 Å². The molecule has 0 aromatic rings. The molecule has 0 fully saturated rings. The Bertz CT molecular complexity index is 74.9. The van der Waals surface area contributed by atoms with Crippen LogP contribution < -0.4 is 11.1 Å². The highest BCUT2D eigenvalue weighted by molar-refractivity contribution is 4.63. The fourth-order valence-corrected chi connectivity index (χ4v) is 0.766. The predicted molar refractivity (Wildman–Crippen MR) is 44.6 cm³/mol. The van der Waals surface area contributed by atoms with Crippen molar-refractivity contribution in [3.63, 3.8) is 0 Å². The first kappa shape index (κ1) is 9.88. The van der Waals surface area contributed by atoms with Gasteiger partial charge in [-0.2, -0.15) is 0 Å². The Balaban J connectivity index is 3.69. The SMILES string of the molecule is CCC(C)N(C)C(N)NC. The van der Waals surface area contributed by atoms with Crippen molar-refractivity contribution in [2.24, 2.45) is 5.73 Å². The first-order valence-electron chi connectivity index (χ1n) is 3.78. The van der Waals surface area contributed by atoms with Crippen LogP contribution in [0.2, 0.25) is 0 Å². The molecule has 0 saturated heterocycles. The minimum atomic E-state index is -0.0186. The highest BCUT2D eigenvalue weighted by atomic mass is 15.3. The van der Waals surface area contributed by atoms with Gasteiger partial charge in [-0.05, 0) is 27.4 Å². The number of hydrogen-bond donors (Lipinski definition) is 2. The molecule has 0 heterocycles. The van der Waals surface area contributed by atoms with Gasteiger partial charge in [0.2, 0.25) is 0 Å². The third-order valence-corrected chi connectivity index (χ3v) is 2.02. The predicted octanol–water partition coefficient (Wildman–Crippen LogP) is 0.178. The molecule has 0 aromatic carbocycles. The second kappa shape index (κ2) is 4.66. The van der Waals surface area contributed by atoms with Crippen molar-refractivity contribution in [1.82, 2.24) is 10.2 Å². The van der Waals surface area contributed by atoms with Gasteiger partial charge in [0.1, 0.15) is 6.29 Å². The van der Waals surface area contributed by atoms with Crippen molar-refractivity contribution in [2.45, 2.75) is 32.6 Å². The van der Waals surface area contributed by atoms with Crippen LogP contribution in [0.3, 0.4) is 0 Å². The highest BCUT2D eigenvalue weighted by Crippen LogP contribution is 1.99. The van der Waals surface area contributed by atoms with Crippen LogP contribution in [0.25, 0.3) is 0 Å². The molecule has 0 aliphatic rings. The summed E-state index contributed by atoms with van der Waals surface area (Å²) in [7, 11) is 3.89. The maximum atomic E-state index is 5.71. The molecule has 3 heteroatoms. The van der Waals surface area contributed by atoms with Crippen molar-refractivity contribution >= 4 is 0 Å². The molecule has 0 rings (SSSR count). The van der Waals surface area contributed by atoms with Crippen molar-refractivity contribution < 1.29 is 0 Å². The summed E-state index contributed by atoms with van der Waals surface area (Å²) in [4.78, 5) is 2.11. The van der Waals surface area contributed by atoms with Gasteiger partial charge in [0, 0.05) is 6.04 Å². The maximum absolute atomic E-state index is 5.71. The molecule has 0 spiro atoms. The lowest BCUT2D eigenvalue weighted by Crippen LogP contribution is -2.51. The van der Waals surface area contributed by atoms with Crippen LogP contribution in [-0.2, 0) is 0 Å². The van der Waals surface area contributed by atoms with E-state index in [-0.39, 0.29) is 6.29 Å². The van der Waals surface area contributed by atoms with Gasteiger partial charge in [0.05, 0.1) is 0 Å². The molecule has 0 aliphatic carbocycles.